The number of allylic oxidation sites excluding steroid dienone is 5. The third-order valence-electron chi connectivity index (χ3n) is 6.11. The Bertz CT molecular complexity index is 1330. The molecule has 0 atom stereocenters. The topological polar surface area (TPSA) is 122 Å². The standard InChI is InChI=1S/C29H37N2O6P/c1-19(2)9-6-10-20(3)11-7-12-21(4)15-16-31-24-17-22(32)18-26(37-38(5,35)36)28(24)30-27-23(29(31)34)13-8-14-25(27)33/h8-9,11,13-15,17-18,30,32-33,35-36H,5-7,10,12,16H2,1-4H3/b20-11+,21-15+. The molecule has 5 N–H and O–H groups in total. The number of phenolic OH excluding ortho intramolecular Hbond substituents is 2. The first-order chi connectivity index (χ1) is 17.9. The van der Waals surface area contributed by atoms with Crippen LogP contribution >= 0.6 is 7.57 Å². The van der Waals surface area contributed by atoms with E-state index >= 15 is 0 Å². The lowest BCUT2D eigenvalue weighted by Crippen LogP contribution is -2.30. The molecule has 0 saturated carbocycles. The Labute approximate surface area is 224 Å². The van der Waals surface area contributed by atoms with Crippen LogP contribution in [0.4, 0.5) is 17.1 Å². The Kier molecular flexibility index (Phi) is 9.50. The van der Waals surface area contributed by atoms with Crippen molar-refractivity contribution in [3.05, 3.63) is 70.8 Å². The van der Waals surface area contributed by atoms with Gasteiger partial charge in [-0.15, -0.1) is 0 Å². The zero-order valence-electron chi connectivity index (χ0n) is 22.4. The number of para-hydroxylation sites is 1. The van der Waals surface area contributed by atoms with Gasteiger partial charge >= 0.3 is 0 Å². The predicted octanol–water partition coefficient (Wildman–Crippen LogP) is 6.78. The molecular weight excluding hydrogens is 503 g/mol. The van der Waals surface area contributed by atoms with Gasteiger partial charge < -0.3 is 34.7 Å². The lowest BCUT2D eigenvalue weighted by Gasteiger charge is -2.24. The molecule has 0 bridgehead atoms. The number of benzene rings is 2. The monoisotopic (exact) mass is 540 g/mol. The first kappa shape index (κ1) is 29.1. The number of nitrogens with zero attached hydrogens (tertiary/aromatic N) is 1. The van der Waals surface area contributed by atoms with Crippen molar-refractivity contribution >= 4 is 36.8 Å². The maximum absolute atomic E-state index is 13.6. The van der Waals surface area contributed by atoms with Crippen LogP contribution in [0.3, 0.4) is 0 Å². The van der Waals surface area contributed by atoms with E-state index in [4.69, 9.17) is 4.52 Å². The summed E-state index contributed by atoms with van der Waals surface area (Å²) in [6, 6.07) is 7.16. The fraction of sp³-hybridized carbons (Fsp3) is 0.310. The number of rotatable bonds is 10. The van der Waals surface area contributed by atoms with E-state index in [0.717, 1.165) is 31.3 Å². The highest BCUT2D eigenvalue weighted by atomic mass is 31.2. The average molecular weight is 541 g/mol. The van der Waals surface area contributed by atoms with Crippen LogP contribution in [0, 0.1) is 0 Å². The van der Waals surface area contributed by atoms with E-state index in [0.29, 0.717) is 0 Å². The van der Waals surface area contributed by atoms with E-state index in [1.807, 2.05) is 13.0 Å². The van der Waals surface area contributed by atoms with Gasteiger partial charge in [-0.3, -0.25) is 4.79 Å². The van der Waals surface area contributed by atoms with E-state index < -0.39 is 13.5 Å². The van der Waals surface area contributed by atoms with Crippen molar-refractivity contribution in [1.82, 2.24) is 0 Å². The van der Waals surface area contributed by atoms with Gasteiger partial charge in [0.25, 0.3) is 13.5 Å². The second-order valence-electron chi connectivity index (χ2n) is 9.79. The van der Waals surface area contributed by atoms with E-state index in [-0.39, 0.29) is 46.4 Å². The third-order valence-corrected chi connectivity index (χ3v) is 6.60. The van der Waals surface area contributed by atoms with Gasteiger partial charge in [0.1, 0.15) is 17.2 Å². The molecule has 9 heteroatoms. The Balaban J connectivity index is 1.90. The number of carbonyl (C=O) groups is 1. The molecule has 0 aliphatic carbocycles. The molecule has 8 nitrogen and oxygen atoms in total. The van der Waals surface area contributed by atoms with Crippen LogP contribution in [0.2, 0.25) is 0 Å². The van der Waals surface area contributed by atoms with Crippen molar-refractivity contribution in [3.8, 4) is 17.2 Å². The van der Waals surface area contributed by atoms with Crippen LogP contribution in [-0.4, -0.2) is 38.8 Å². The van der Waals surface area contributed by atoms with Crippen LogP contribution in [0.25, 0.3) is 0 Å². The van der Waals surface area contributed by atoms with Gasteiger partial charge in [-0.2, -0.15) is 0 Å². The highest BCUT2D eigenvalue weighted by Crippen LogP contribution is 2.50. The summed E-state index contributed by atoms with van der Waals surface area (Å²) in [6.07, 6.45) is 13.4. The number of amides is 1. The summed E-state index contributed by atoms with van der Waals surface area (Å²) in [6.45, 7) is 8.52. The lowest BCUT2D eigenvalue weighted by atomic mass is 10.1. The summed E-state index contributed by atoms with van der Waals surface area (Å²) in [5.41, 5.74) is 4.56. The van der Waals surface area contributed by atoms with Crippen LogP contribution in [0.5, 0.6) is 17.2 Å². The van der Waals surface area contributed by atoms with E-state index in [1.54, 1.807) is 12.1 Å². The minimum absolute atomic E-state index is 0.114. The van der Waals surface area contributed by atoms with Crippen molar-refractivity contribution < 1.29 is 29.3 Å². The molecule has 204 valence electrons. The summed E-state index contributed by atoms with van der Waals surface area (Å²) in [5, 5.41) is 23.9. The molecule has 1 heterocycles. The van der Waals surface area contributed by atoms with Gasteiger partial charge in [-0.1, -0.05) is 41.0 Å². The third kappa shape index (κ3) is 7.78. The Hall–Kier alpha value is -3.45. The summed E-state index contributed by atoms with van der Waals surface area (Å²) in [4.78, 5) is 34.8. The van der Waals surface area contributed by atoms with Crippen LogP contribution in [-0.2, 0) is 0 Å². The predicted molar refractivity (Wildman–Crippen MR) is 156 cm³/mol. The fourth-order valence-electron chi connectivity index (χ4n) is 4.15. The van der Waals surface area contributed by atoms with Gasteiger partial charge in [-0.25, -0.2) is 0 Å². The molecule has 0 saturated heterocycles. The largest absolute Gasteiger partial charge is 0.508 e. The average Bonchev–Trinajstić information content (AvgIpc) is 2.92. The summed E-state index contributed by atoms with van der Waals surface area (Å²) < 4.78 is 5.26. The molecule has 0 fully saturated rings. The fourth-order valence-corrected chi connectivity index (χ4v) is 4.61. The normalized spacial score (nSPS) is 13.8. The summed E-state index contributed by atoms with van der Waals surface area (Å²) in [5.74, 6) is -0.917. The van der Waals surface area contributed by atoms with Gasteiger partial charge in [0, 0.05) is 18.7 Å². The maximum Gasteiger partial charge on any atom is 0.297 e. The number of nitrogens with one attached hydrogen (secondary N) is 1. The number of anilines is 3. The van der Waals surface area contributed by atoms with Crippen molar-refractivity contribution in [1.29, 1.82) is 0 Å². The highest BCUT2D eigenvalue weighted by molar-refractivity contribution is 7.58. The molecule has 0 spiro atoms. The maximum atomic E-state index is 13.6. The Morgan fingerprint density at radius 1 is 1.00 bits per heavy atom. The number of carbonyl (C=O) groups excluding carboxylic acids is 1. The molecule has 1 amide bonds. The first-order valence-electron chi connectivity index (χ1n) is 12.5. The van der Waals surface area contributed by atoms with Crippen LogP contribution in [0.1, 0.15) is 63.7 Å². The molecular formula is C29H37N2O6P. The quantitative estimate of drug-likeness (QED) is 0.0974. The number of fused-ring (bicyclic) bond motifs is 2. The molecule has 2 aromatic carbocycles. The zero-order valence-corrected chi connectivity index (χ0v) is 23.3. The van der Waals surface area contributed by atoms with Gasteiger partial charge in [0.05, 0.1) is 16.9 Å². The summed E-state index contributed by atoms with van der Waals surface area (Å²) >= 11 is 0. The molecule has 3 rings (SSSR count). The molecule has 0 radical (unpaired) electrons. The van der Waals surface area contributed by atoms with Crippen molar-refractivity contribution in [2.24, 2.45) is 0 Å². The van der Waals surface area contributed by atoms with Crippen LogP contribution < -0.4 is 14.7 Å². The molecule has 1 aliphatic heterocycles. The Morgan fingerprint density at radius 3 is 2.32 bits per heavy atom. The Morgan fingerprint density at radius 2 is 1.66 bits per heavy atom. The molecule has 2 aromatic rings. The van der Waals surface area contributed by atoms with Crippen molar-refractivity contribution in [2.75, 3.05) is 16.8 Å². The SMILES string of the molecule is C=P(O)(O)Oc1cc(O)cc2c1Nc1c(O)cccc1C(=O)N2C/C=C(\C)CC/C=C(\C)CCC=C(C)C. The summed E-state index contributed by atoms with van der Waals surface area (Å²) in [7, 11) is -4.00. The lowest BCUT2D eigenvalue weighted by molar-refractivity contribution is 0.0991. The van der Waals surface area contributed by atoms with Crippen LogP contribution in [0.15, 0.2) is 65.3 Å². The number of hydrogen-bond acceptors (Lipinski definition) is 7. The van der Waals surface area contributed by atoms with Gasteiger partial charge in [-0.05, 0) is 71.8 Å². The second kappa shape index (κ2) is 12.4. The molecule has 1 aliphatic rings. The van der Waals surface area contributed by atoms with E-state index in [9.17, 15) is 24.8 Å². The highest BCUT2D eigenvalue weighted by Gasteiger charge is 2.31. The first-order valence-corrected chi connectivity index (χ1v) is 14.3. The number of aromatic hydroxyl groups is 2. The molecule has 0 aromatic heterocycles. The smallest absolute Gasteiger partial charge is 0.297 e. The van der Waals surface area contributed by atoms with Gasteiger partial charge in [0.15, 0.2) is 5.75 Å². The second-order valence-corrected chi connectivity index (χ2v) is 11.3. The minimum atomic E-state index is -4.00. The number of phenols is 2. The van der Waals surface area contributed by atoms with E-state index in [2.05, 4.69) is 44.5 Å². The van der Waals surface area contributed by atoms with Crippen molar-refractivity contribution in [2.45, 2.75) is 53.4 Å². The minimum Gasteiger partial charge on any atom is -0.508 e. The molecule has 0 unspecified atom stereocenters. The zero-order chi connectivity index (χ0) is 28.0. The number of hydrogen-bond donors (Lipinski definition) is 5. The van der Waals surface area contributed by atoms with Crippen molar-refractivity contribution in [3.63, 3.8) is 0 Å². The molecule has 38 heavy (non-hydrogen) atoms. The van der Waals surface area contributed by atoms with Gasteiger partial charge in [0.2, 0.25) is 0 Å². The van der Waals surface area contributed by atoms with E-state index in [1.165, 1.54) is 34.2 Å².